The van der Waals surface area contributed by atoms with E-state index in [1.807, 2.05) is 42.5 Å². The van der Waals surface area contributed by atoms with E-state index < -0.39 is 0 Å². The fourth-order valence-corrected chi connectivity index (χ4v) is 2.44. The average molecular weight is 330 g/mol. The quantitative estimate of drug-likeness (QED) is 0.580. The Labute approximate surface area is 143 Å². The van der Waals surface area contributed by atoms with Gasteiger partial charge in [0.1, 0.15) is 12.0 Å². The summed E-state index contributed by atoms with van der Waals surface area (Å²) in [5.74, 6) is 0.507. The third-order valence-corrected chi connectivity index (χ3v) is 3.71. The number of nitrogens with one attached hydrogen (secondary N) is 1. The Morgan fingerprint density at radius 3 is 2.36 bits per heavy atom. The third-order valence-electron chi connectivity index (χ3n) is 3.71. The highest BCUT2D eigenvalue weighted by Crippen LogP contribution is 2.25. The van der Waals surface area contributed by atoms with Crippen LogP contribution in [0.4, 0.5) is 5.69 Å². The first-order chi connectivity index (χ1) is 12.3. The normalized spacial score (nSPS) is 10.6. The van der Waals surface area contributed by atoms with Crippen molar-refractivity contribution in [1.82, 2.24) is 4.98 Å². The summed E-state index contributed by atoms with van der Waals surface area (Å²) in [5, 5.41) is 2.77. The maximum Gasteiger partial charge on any atom is 0.291 e. The third kappa shape index (κ3) is 3.21. The largest absolute Gasteiger partial charge is 0.459 e. The number of hydrogen-bond acceptors (Lipinski definition) is 4. The molecule has 1 amide bonds. The van der Waals surface area contributed by atoms with Crippen molar-refractivity contribution in [2.45, 2.75) is 0 Å². The molecule has 1 N–H and O–H groups in total. The van der Waals surface area contributed by atoms with Crippen LogP contribution in [0.15, 0.2) is 88.1 Å². The van der Waals surface area contributed by atoms with Crippen LogP contribution in [0.5, 0.6) is 0 Å². The van der Waals surface area contributed by atoms with Crippen molar-refractivity contribution >= 4 is 11.6 Å². The van der Waals surface area contributed by atoms with Gasteiger partial charge < -0.3 is 14.2 Å². The zero-order valence-corrected chi connectivity index (χ0v) is 13.2. The molecule has 0 aliphatic rings. The molecule has 0 bridgehead atoms. The zero-order valence-electron chi connectivity index (χ0n) is 13.2. The lowest BCUT2D eigenvalue weighted by molar-refractivity contribution is 0.0996. The minimum atomic E-state index is -0.291. The number of carbonyl (C=O) groups excluding carboxylic acids is 1. The fraction of sp³-hybridized carbons (Fsp3) is 0. The second-order valence-electron chi connectivity index (χ2n) is 5.41. The predicted molar refractivity (Wildman–Crippen MR) is 94.0 cm³/mol. The van der Waals surface area contributed by atoms with E-state index in [9.17, 15) is 4.79 Å². The monoisotopic (exact) mass is 330 g/mol. The molecule has 4 aromatic rings. The fourth-order valence-electron chi connectivity index (χ4n) is 2.44. The van der Waals surface area contributed by atoms with Crippen LogP contribution >= 0.6 is 0 Å². The lowest BCUT2D eigenvalue weighted by Crippen LogP contribution is -2.10. The van der Waals surface area contributed by atoms with Crippen molar-refractivity contribution in [3.05, 3.63) is 85.0 Å². The van der Waals surface area contributed by atoms with Crippen LogP contribution in [0.25, 0.3) is 22.7 Å². The van der Waals surface area contributed by atoms with Crippen LogP contribution in [0, 0.1) is 0 Å². The summed E-state index contributed by atoms with van der Waals surface area (Å²) in [5.41, 5.74) is 3.28. The first kappa shape index (κ1) is 15.0. The molecule has 0 unspecified atom stereocenters. The van der Waals surface area contributed by atoms with Gasteiger partial charge in [0.2, 0.25) is 5.89 Å². The zero-order chi connectivity index (χ0) is 17.1. The van der Waals surface area contributed by atoms with Crippen molar-refractivity contribution in [2.24, 2.45) is 0 Å². The Balaban J connectivity index is 1.51. The number of nitrogens with zero attached hydrogens (tertiary/aromatic N) is 1. The van der Waals surface area contributed by atoms with E-state index in [2.05, 4.69) is 10.3 Å². The molecule has 2 aromatic heterocycles. The molecule has 5 nitrogen and oxygen atoms in total. The van der Waals surface area contributed by atoms with Gasteiger partial charge in [0, 0.05) is 16.8 Å². The molecule has 0 radical (unpaired) electrons. The lowest BCUT2D eigenvalue weighted by Gasteiger charge is -2.03. The highest BCUT2D eigenvalue weighted by Gasteiger charge is 2.10. The van der Waals surface area contributed by atoms with Crippen LogP contribution in [-0.2, 0) is 0 Å². The molecular formula is C20H14N2O3. The molecule has 4 rings (SSSR count). The number of amides is 1. The molecule has 25 heavy (non-hydrogen) atoms. The minimum absolute atomic E-state index is 0.268. The maximum absolute atomic E-state index is 12.0. The summed E-state index contributed by atoms with van der Waals surface area (Å²) in [7, 11) is 0. The topological polar surface area (TPSA) is 68.3 Å². The van der Waals surface area contributed by atoms with Gasteiger partial charge in [-0.15, -0.1) is 0 Å². The number of hydrogen-bond donors (Lipinski definition) is 1. The number of furan rings is 1. The van der Waals surface area contributed by atoms with Crippen molar-refractivity contribution < 1.29 is 13.6 Å². The van der Waals surface area contributed by atoms with Crippen LogP contribution in [0.2, 0.25) is 0 Å². The van der Waals surface area contributed by atoms with E-state index in [0.29, 0.717) is 11.6 Å². The van der Waals surface area contributed by atoms with Crippen LogP contribution < -0.4 is 5.32 Å². The SMILES string of the molecule is O=C(Nc1ccc(-c2nc(-c3ccccc3)co2)cc1)c1ccco1. The molecule has 2 aromatic carbocycles. The molecule has 122 valence electrons. The minimum Gasteiger partial charge on any atom is -0.459 e. The molecule has 0 atom stereocenters. The number of rotatable bonds is 4. The predicted octanol–water partition coefficient (Wildman–Crippen LogP) is 4.85. The van der Waals surface area contributed by atoms with Gasteiger partial charge in [0.25, 0.3) is 5.91 Å². The van der Waals surface area contributed by atoms with Gasteiger partial charge in [-0.1, -0.05) is 30.3 Å². The Hall–Kier alpha value is -3.60. The number of aromatic nitrogens is 1. The van der Waals surface area contributed by atoms with E-state index in [-0.39, 0.29) is 11.7 Å². The van der Waals surface area contributed by atoms with E-state index in [0.717, 1.165) is 16.8 Å². The van der Waals surface area contributed by atoms with Gasteiger partial charge in [-0.3, -0.25) is 4.79 Å². The van der Waals surface area contributed by atoms with Gasteiger partial charge in [-0.2, -0.15) is 0 Å². The average Bonchev–Trinajstić information content (AvgIpc) is 3.35. The maximum atomic E-state index is 12.0. The summed E-state index contributed by atoms with van der Waals surface area (Å²) in [6.45, 7) is 0. The second kappa shape index (κ2) is 6.49. The van der Waals surface area contributed by atoms with Gasteiger partial charge in [-0.25, -0.2) is 4.98 Å². The summed E-state index contributed by atoms with van der Waals surface area (Å²) in [6, 6.07) is 20.4. The van der Waals surface area contributed by atoms with Crippen molar-refractivity contribution in [3.8, 4) is 22.7 Å². The molecule has 0 aliphatic heterocycles. The Morgan fingerprint density at radius 1 is 0.840 bits per heavy atom. The van der Waals surface area contributed by atoms with E-state index >= 15 is 0 Å². The number of carbonyl (C=O) groups is 1. The second-order valence-corrected chi connectivity index (χ2v) is 5.41. The molecule has 0 saturated carbocycles. The molecular weight excluding hydrogens is 316 g/mol. The van der Waals surface area contributed by atoms with E-state index in [1.54, 1.807) is 30.5 Å². The Morgan fingerprint density at radius 2 is 1.64 bits per heavy atom. The molecule has 0 saturated heterocycles. The molecule has 0 fully saturated rings. The summed E-state index contributed by atoms with van der Waals surface area (Å²) in [4.78, 5) is 16.5. The smallest absolute Gasteiger partial charge is 0.291 e. The summed E-state index contributed by atoms with van der Waals surface area (Å²) < 4.78 is 10.6. The van der Waals surface area contributed by atoms with Crippen molar-refractivity contribution in [1.29, 1.82) is 0 Å². The molecule has 2 heterocycles. The molecule has 5 heteroatoms. The highest BCUT2D eigenvalue weighted by atomic mass is 16.3. The molecule has 0 spiro atoms. The molecule has 0 aliphatic carbocycles. The standard InChI is InChI=1S/C20H14N2O3/c23-19(18-7-4-12-24-18)21-16-10-8-15(9-11-16)20-22-17(13-25-20)14-5-2-1-3-6-14/h1-13H,(H,21,23). The first-order valence-corrected chi connectivity index (χ1v) is 7.76. The van der Waals surface area contributed by atoms with Gasteiger partial charge in [0.15, 0.2) is 5.76 Å². The van der Waals surface area contributed by atoms with Crippen LogP contribution in [0.1, 0.15) is 10.6 Å². The summed E-state index contributed by atoms with van der Waals surface area (Å²) in [6.07, 6.45) is 3.10. The summed E-state index contributed by atoms with van der Waals surface area (Å²) >= 11 is 0. The van der Waals surface area contributed by atoms with Crippen molar-refractivity contribution in [3.63, 3.8) is 0 Å². The van der Waals surface area contributed by atoms with Gasteiger partial charge >= 0.3 is 0 Å². The highest BCUT2D eigenvalue weighted by molar-refractivity contribution is 6.02. The lowest BCUT2D eigenvalue weighted by atomic mass is 10.2. The number of anilines is 1. The Kier molecular flexibility index (Phi) is 3.88. The number of benzene rings is 2. The van der Waals surface area contributed by atoms with Crippen LogP contribution in [-0.4, -0.2) is 10.9 Å². The number of oxazole rings is 1. The Bertz CT molecular complexity index is 971. The first-order valence-electron chi connectivity index (χ1n) is 7.76. The van der Waals surface area contributed by atoms with Crippen molar-refractivity contribution in [2.75, 3.05) is 5.32 Å². The van der Waals surface area contributed by atoms with Crippen LogP contribution in [0.3, 0.4) is 0 Å². The van der Waals surface area contributed by atoms with Gasteiger partial charge in [0.05, 0.1) is 6.26 Å². The van der Waals surface area contributed by atoms with E-state index in [4.69, 9.17) is 8.83 Å². The van der Waals surface area contributed by atoms with E-state index in [1.165, 1.54) is 6.26 Å². The van der Waals surface area contributed by atoms with Gasteiger partial charge in [-0.05, 0) is 36.4 Å².